The second-order valence-electron chi connectivity index (χ2n) is 8.29. The molecule has 5 rings (SSSR count). The number of hydrogen-bond acceptors (Lipinski definition) is 9. The molecular formula is C25H23N7O2S2. The first kappa shape index (κ1) is 23.9. The number of sulfonamides is 1. The Kier molecular flexibility index (Phi) is 6.65. The molecule has 2 aromatic carbocycles. The Morgan fingerprint density at radius 1 is 1.00 bits per heavy atom. The minimum atomic E-state index is -3.56. The predicted octanol–water partition coefficient (Wildman–Crippen LogP) is 4.03. The lowest BCUT2D eigenvalue weighted by Crippen LogP contribution is -2.49. The van der Waals surface area contributed by atoms with Gasteiger partial charge in [0.1, 0.15) is 16.5 Å². The number of aryl methyl sites for hydroxylation is 1. The highest BCUT2D eigenvalue weighted by atomic mass is 32.2. The van der Waals surface area contributed by atoms with Crippen LogP contribution in [0.25, 0.3) is 10.7 Å². The Labute approximate surface area is 213 Å². The Bertz CT molecular complexity index is 1490. The number of anilines is 3. The van der Waals surface area contributed by atoms with Crippen molar-refractivity contribution in [1.82, 2.24) is 19.3 Å². The van der Waals surface area contributed by atoms with Crippen LogP contribution in [0.4, 0.5) is 17.5 Å². The molecule has 0 amide bonds. The SMILES string of the molecule is Cc1ccc(S(=O)(=O)N2CCN(c3nc(Nc4ccc(C#N)cc4)cc(-c4nccs4)n3)CC2)cc1. The topological polar surface area (TPSA) is 115 Å². The van der Waals surface area contributed by atoms with Gasteiger partial charge >= 0.3 is 0 Å². The zero-order valence-electron chi connectivity index (χ0n) is 19.5. The summed E-state index contributed by atoms with van der Waals surface area (Å²) in [4.78, 5) is 16.1. The largest absolute Gasteiger partial charge is 0.340 e. The van der Waals surface area contributed by atoms with Gasteiger partial charge in [0, 0.05) is 49.5 Å². The summed E-state index contributed by atoms with van der Waals surface area (Å²) in [7, 11) is -3.56. The monoisotopic (exact) mass is 517 g/mol. The van der Waals surface area contributed by atoms with Crippen molar-refractivity contribution in [3.05, 3.63) is 77.3 Å². The number of hydrogen-bond donors (Lipinski definition) is 1. The molecule has 11 heteroatoms. The maximum absolute atomic E-state index is 13.1. The van der Waals surface area contributed by atoms with E-state index in [2.05, 4.69) is 16.4 Å². The van der Waals surface area contributed by atoms with Gasteiger partial charge in [-0.15, -0.1) is 11.3 Å². The van der Waals surface area contributed by atoms with Crippen LogP contribution < -0.4 is 10.2 Å². The lowest BCUT2D eigenvalue weighted by molar-refractivity contribution is 0.382. The van der Waals surface area contributed by atoms with Gasteiger partial charge in [0.25, 0.3) is 0 Å². The van der Waals surface area contributed by atoms with Crippen molar-refractivity contribution in [3.8, 4) is 16.8 Å². The molecular weight excluding hydrogens is 494 g/mol. The molecule has 182 valence electrons. The van der Waals surface area contributed by atoms with Crippen molar-refractivity contribution in [2.75, 3.05) is 36.4 Å². The van der Waals surface area contributed by atoms with E-state index in [-0.39, 0.29) is 0 Å². The number of aromatic nitrogens is 3. The fraction of sp³-hybridized carbons (Fsp3) is 0.200. The molecule has 0 aliphatic carbocycles. The number of piperazine rings is 1. The number of nitriles is 1. The van der Waals surface area contributed by atoms with Crippen LogP contribution in [0.5, 0.6) is 0 Å². The molecule has 3 heterocycles. The summed E-state index contributed by atoms with van der Waals surface area (Å²) in [6.07, 6.45) is 1.73. The van der Waals surface area contributed by atoms with E-state index in [1.54, 1.807) is 30.5 Å². The third-order valence-corrected chi connectivity index (χ3v) is 8.54. The summed E-state index contributed by atoms with van der Waals surface area (Å²) in [6, 6.07) is 18.0. The van der Waals surface area contributed by atoms with E-state index in [4.69, 9.17) is 15.2 Å². The second-order valence-corrected chi connectivity index (χ2v) is 11.1. The Morgan fingerprint density at radius 2 is 1.72 bits per heavy atom. The van der Waals surface area contributed by atoms with Gasteiger partial charge in [-0.3, -0.25) is 0 Å². The number of benzene rings is 2. The first-order valence-corrected chi connectivity index (χ1v) is 13.6. The lowest BCUT2D eigenvalue weighted by Gasteiger charge is -2.34. The average molecular weight is 518 g/mol. The summed E-state index contributed by atoms with van der Waals surface area (Å²) in [5, 5.41) is 15.0. The Hall–Kier alpha value is -3.85. The van der Waals surface area contributed by atoms with Gasteiger partial charge in [0.05, 0.1) is 16.5 Å². The number of nitrogens with one attached hydrogen (secondary N) is 1. The first-order valence-electron chi connectivity index (χ1n) is 11.3. The third kappa shape index (κ3) is 5.06. The minimum absolute atomic E-state index is 0.303. The van der Waals surface area contributed by atoms with Gasteiger partial charge in [0.15, 0.2) is 0 Å². The van der Waals surface area contributed by atoms with E-state index in [0.29, 0.717) is 54.1 Å². The fourth-order valence-electron chi connectivity index (χ4n) is 3.86. The van der Waals surface area contributed by atoms with Crippen molar-refractivity contribution in [3.63, 3.8) is 0 Å². The second kappa shape index (κ2) is 10.0. The smallest absolute Gasteiger partial charge is 0.243 e. The van der Waals surface area contributed by atoms with E-state index in [0.717, 1.165) is 16.3 Å². The van der Waals surface area contributed by atoms with E-state index >= 15 is 0 Å². The Balaban J connectivity index is 1.38. The van der Waals surface area contributed by atoms with Crippen LogP contribution in [0.2, 0.25) is 0 Å². The third-order valence-electron chi connectivity index (χ3n) is 5.83. The highest BCUT2D eigenvalue weighted by molar-refractivity contribution is 7.89. The predicted molar refractivity (Wildman–Crippen MR) is 140 cm³/mol. The van der Waals surface area contributed by atoms with Gasteiger partial charge in [0.2, 0.25) is 16.0 Å². The van der Waals surface area contributed by atoms with Gasteiger partial charge in [-0.05, 0) is 43.3 Å². The molecule has 0 unspecified atom stereocenters. The molecule has 1 saturated heterocycles. The zero-order valence-corrected chi connectivity index (χ0v) is 21.1. The molecule has 0 bridgehead atoms. The normalized spacial score (nSPS) is 14.4. The number of rotatable bonds is 6. The van der Waals surface area contributed by atoms with E-state index < -0.39 is 10.0 Å². The standard InChI is InChI=1S/C25H23N7O2S2/c1-18-2-8-21(9-3-18)36(33,34)32-13-11-31(12-14-32)25-29-22(24-27-10-15-35-24)16-23(30-25)28-20-6-4-19(17-26)5-7-20/h2-10,15-16H,11-14H2,1H3,(H,28,29,30). The van der Waals surface area contributed by atoms with Crippen LogP contribution in [0.15, 0.2) is 71.1 Å². The molecule has 0 spiro atoms. The van der Waals surface area contributed by atoms with Crippen LogP contribution in [0.1, 0.15) is 11.1 Å². The molecule has 0 atom stereocenters. The molecule has 2 aromatic heterocycles. The Morgan fingerprint density at radius 3 is 2.36 bits per heavy atom. The molecule has 0 saturated carbocycles. The van der Waals surface area contributed by atoms with Gasteiger partial charge in [-0.2, -0.15) is 14.6 Å². The quantitative estimate of drug-likeness (QED) is 0.408. The van der Waals surface area contributed by atoms with E-state index in [1.165, 1.54) is 15.6 Å². The molecule has 36 heavy (non-hydrogen) atoms. The highest BCUT2D eigenvalue weighted by Gasteiger charge is 2.29. The zero-order chi connectivity index (χ0) is 25.1. The number of nitrogens with zero attached hydrogens (tertiary/aromatic N) is 6. The molecule has 4 aromatic rings. The summed E-state index contributed by atoms with van der Waals surface area (Å²) < 4.78 is 27.7. The van der Waals surface area contributed by atoms with Crippen molar-refractivity contribution in [2.24, 2.45) is 0 Å². The summed E-state index contributed by atoms with van der Waals surface area (Å²) in [6.45, 7) is 3.52. The van der Waals surface area contributed by atoms with E-state index in [9.17, 15) is 8.42 Å². The van der Waals surface area contributed by atoms with Gasteiger partial charge in [-0.1, -0.05) is 17.7 Å². The maximum atomic E-state index is 13.1. The lowest BCUT2D eigenvalue weighted by atomic mass is 10.2. The van der Waals surface area contributed by atoms with Crippen LogP contribution in [-0.4, -0.2) is 53.9 Å². The molecule has 0 radical (unpaired) electrons. The molecule has 1 aliphatic heterocycles. The van der Waals surface area contributed by atoms with Crippen molar-refractivity contribution < 1.29 is 8.42 Å². The minimum Gasteiger partial charge on any atom is -0.340 e. The van der Waals surface area contributed by atoms with Gasteiger partial charge < -0.3 is 10.2 Å². The van der Waals surface area contributed by atoms with E-state index in [1.807, 2.05) is 47.5 Å². The average Bonchev–Trinajstić information content (AvgIpc) is 3.45. The van der Waals surface area contributed by atoms with Crippen molar-refractivity contribution in [1.29, 1.82) is 5.26 Å². The van der Waals surface area contributed by atoms with Crippen LogP contribution >= 0.6 is 11.3 Å². The highest BCUT2D eigenvalue weighted by Crippen LogP contribution is 2.27. The fourth-order valence-corrected chi connectivity index (χ4v) is 5.88. The van der Waals surface area contributed by atoms with Crippen LogP contribution in [0, 0.1) is 18.3 Å². The molecule has 1 N–H and O–H groups in total. The van der Waals surface area contributed by atoms with Crippen LogP contribution in [0.3, 0.4) is 0 Å². The van der Waals surface area contributed by atoms with Crippen LogP contribution in [-0.2, 0) is 10.0 Å². The van der Waals surface area contributed by atoms with Crippen molar-refractivity contribution in [2.45, 2.75) is 11.8 Å². The first-order chi connectivity index (χ1) is 17.4. The molecule has 1 aliphatic rings. The summed E-state index contributed by atoms with van der Waals surface area (Å²) in [5.74, 6) is 1.09. The molecule has 9 nitrogen and oxygen atoms in total. The maximum Gasteiger partial charge on any atom is 0.243 e. The van der Waals surface area contributed by atoms with Gasteiger partial charge in [-0.25, -0.2) is 18.4 Å². The summed E-state index contributed by atoms with van der Waals surface area (Å²) >= 11 is 1.48. The summed E-state index contributed by atoms with van der Waals surface area (Å²) in [5.41, 5.74) is 3.06. The number of thiazole rings is 1. The molecule has 1 fully saturated rings. The van der Waals surface area contributed by atoms with Crippen molar-refractivity contribution >= 4 is 38.8 Å².